The molecular formula is C15H16OS. The summed E-state index contributed by atoms with van der Waals surface area (Å²) in [7, 11) is 0. The third kappa shape index (κ3) is 3.11. The molecule has 0 atom stereocenters. The van der Waals surface area contributed by atoms with Gasteiger partial charge >= 0.3 is 0 Å². The van der Waals surface area contributed by atoms with Crippen LogP contribution in [0.25, 0.3) is 0 Å². The molecule has 1 N–H and O–H groups in total. The van der Waals surface area contributed by atoms with Gasteiger partial charge in [-0.05, 0) is 37.6 Å². The molecule has 0 heterocycles. The molecule has 0 fully saturated rings. The molecule has 0 radical (unpaired) electrons. The van der Waals surface area contributed by atoms with Gasteiger partial charge in [-0.15, -0.1) is 0 Å². The highest BCUT2D eigenvalue weighted by Gasteiger charge is 2.04. The minimum absolute atomic E-state index is 0.0931. The van der Waals surface area contributed by atoms with Crippen molar-refractivity contribution in [2.45, 2.75) is 30.2 Å². The smallest absolute Gasteiger partial charge is 0.0692 e. The van der Waals surface area contributed by atoms with Crippen LogP contribution in [0.4, 0.5) is 0 Å². The molecule has 0 unspecified atom stereocenters. The lowest BCUT2D eigenvalue weighted by atomic mass is 10.1. The summed E-state index contributed by atoms with van der Waals surface area (Å²) in [5.41, 5.74) is 3.44. The van der Waals surface area contributed by atoms with Crippen molar-refractivity contribution in [1.29, 1.82) is 0 Å². The molecule has 0 amide bonds. The quantitative estimate of drug-likeness (QED) is 0.882. The predicted molar refractivity (Wildman–Crippen MR) is 72.4 cm³/mol. The van der Waals surface area contributed by atoms with E-state index < -0.39 is 0 Å². The Balaban J connectivity index is 2.26. The molecule has 0 aliphatic rings. The SMILES string of the molecule is Cc1ccc(Sc2ccc(C)cc2CO)cc1. The molecule has 0 aliphatic heterocycles. The summed E-state index contributed by atoms with van der Waals surface area (Å²) in [6.07, 6.45) is 0. The van der Waals surface area contributed by atoms with Crippen LogP contribution >= 0.6 is 11.8 Å². The Labute approximate surface area is 107 Å². The second-order valence-electron chi connectivity index (χ2n) is 4.18. The zero-order chi connectivity index (χ0) is 12.3. The van der Waals surface area contributed by atoms with Crippen LogP contribution in [0.1, 0.15) is 16.7 Å². The van der Waals surface area contributed by atoms with Gasteiger partial charge in [-0.25, -0.2) is 0 Å². The van der Waals surface area contributed by atoms with Gasteiger partial charge in [0.2, 0.25) is 0 Å². The first-order valence-electron chi connectivity index (χ1n) is 5.64. The Kier molecular flexibility index (Phi) is 3.87. The van der Waals surface area contributed by atoms with Gasteiger partial charge in [0.1, 0.15) is 0 Å². The molecule has 2 rings (SSSR count). The van der Waals surface area contributed by atoms with Gasteiger partial charge in [-0.1, -0.05) is 47.2 Å². The van der Waals surface area contributed by atoms with Crippen LogP contribution in [0.2, 0.25) is 0 Å². The molecule has 0 spiro atoms. The van der Waals surface area contributed by atoms with E-state index in [1.807, 2.05) is 13.0 Å². The fourth-order valence-corrected chi connectivity index (χ4v) is 2.58. The minimum atomic E-state index is 0.0931. The Morgan fingerprint density at radius 1 is 0.941 bits per heavy atom. The molecule has 17 heavy (non-hydrogen) atoms. The van der Waals surface area contributed by atoms with Gasteiger partial charge in [-0.2, -0.15) is 0 Å². The van der Waals surface area contributed by atoms with Gasteiger partial charge in [0.05, 0.1) is 6.61 Å². The molecule has 0 aliphatic carbocycles. The summed E-state index contributed by atoms with van der Waals surface area (Å²) in [5.74, 6) is 0. The molecule has 88 valence electrons. The summed E-state index contributed by atoms with van der Waals surface area (Å²) in [6, 6.07) is 14.6. The van der Waals surface area contributed by atoms with E-state index >= 15 is 0 Å². The van der Waals surface area contributed by atoms with E-state index in [-0.39, 0.29) is 6.61 Å². The van der Waals surface area contributed by atoms with Crippen LogP contribution in [-0.2, 0) is 6.61 Å². The maximum Gasteiger partial charge on any atom is 0.0692 e. The molecule has 0 saturated heterocycles. The third-order valence-corrected chi connectivity index (χ3v) is 3.76. The molecular weight excluding hydrogens is 228 g/mol. The van der Waals surface area contributed by atoms with Crippen LogP contribution in [0.3, 0.4) is 0 Å². The number of rotatable bonds is 3. The lowest BCUT2D eigenvalue weighted by Gasteiger charge is -2.08. The van der Waals surface area contributed by atoms with Crippen molar-refractivity contribution in [2.75, 3.05) is 0 Å². The summed E-state index contributed by atoms with van der Waals surface area (Å²) in [5, 5.41) is 9.35. The van der Waals surface area contributed by atoms with E-state index in [1.165, 1.54) is 16.0 Å². The summed E-state index contributed by atoms with van der Waals surface area (Å²) in [4.78, 5) is 2.33. The number of hydrogen-bond donors (Lipinski definition) is 1. The van der Waals surface area contributed by atoms with Gasteiger partial charge in [-0.3, -0.25) is 0 Å². The van der Waals surface area contributed by atoms with Crippen molar-refractivity contribution in [3.8, 4) is 0 Å². The summed E-state index contributed by atoms with van der Waals surface area (Å²) in [6.45, 7) is 4.22. The highest BCUT2D eigenvalue weighted by molar-refractivity contribution is 7.99. The van der Waals surface area contributed by atoms with Gasteiger partial charge in [0.15, 0.2) is 0 Å². The number of aliphatic hydroxyl groups is 1. The first kappa shape index (κ1) is 12.2. The summed E-state index contributed by atoms with van der Waals surface area (Å²) < 4.78 is 0. The normalized spacial score (nSPS) is 10.5. The zero-order valence-electron chi connectivity index (χ0n) is 10.1. The third-order valence-electron chi connectivity index (χ3n) is 2.64. The Morgan fingerprint density at radius 3 is 2.24 bits per heavy atom. The van der Waals surface area contributed by atoms with E-state index in [1.54, 1.807) is 11.8 Å². The van der Waals surface area contributed by atoms with E-state index in [2.05, 4.69) is 43.3 Å². The van der Waals surface area contributed by atoms with Crippen LogP contribution in [-0.4, -0.2) is 5.11 Å². The molecule has 0 aromatic heterocycles. The van der Waals surface area contributed by atoms with Crippen molar-refractivity contribution >= 4 is 11.8 Å². The van der Waals surface area contributed by atoms with Gasteiger partial charge < -0.3 is 5.11 Å². The van der Waals surface area contributed by atoms with E-state index in [0.717, 1.165) is 10.5 Å². The maximum atomic E-state index is 9.35. The lowest BCUT2D eigenvalue weighted by molar-refractivity contribution is 0.279. The molecule has 2 aromatic carbocycles. The molecule has 1 nitrogen and oxygen atoms in total. The highest BCUT2D eigenvalue weighted by Crippen LogP contribution is 2.31. The first-order valence-corrected chi connectivity index (χ1v) is 6.45. The monoisotopic (exact) mass is 244 g/mol. The average Bonchev–Trinajstić information content (AvgIpc) is 2.34. The maximum absolute atomic E-state index is 9.35. The number of aliphatic hydroxyl groups excluding tert-OH is 1. The number of aryl methyl sites for hydroxylation is 2. The molecule has 2 aromatic rings. The van der Waals surface area contributed by atoms with E-state index in [4.69, 9.17) is 0 Å². The van der Waals surface area contributed by atoms with Crippen LogP contribution < -0.4 is 0 Å². The van der Waals surface area contributed by atoms with Crippen molar-refractivity contribution in [1.82, 2.24) is 0 Å². The molecule has 2 heteroatoms. The van der Waals surface area contributed by atoms with E-state index in [0.29, 0.717) is 0 Å². The fraction of sp³-hybridized carbons (Fsp3) is 0.200. The lowest BCUT2D eigenvalue weighted by Crippen LogP contribution is -1.88. The van der Waals surface area contributed by atoms with E-state index in [9.17, 15) is 5.11 Å². The second kappa shape index (κ2) is 5.39. The van der Waals surface area contributed by atoms with Crippen molar-refractivity contribution < 1.29 is 5.11 Å². The summed E-state index contributed by atoms with van der Waals surface area (Å²) >= 11 is 1.70. The standard InChI is InChI=1S/C15H16OS/c1-11-3-6-14(7-4-11)17-15-8-5-12(2)9-13(15)10-16/h3-9,16H,10H2,1-2H3. The Hall–Kier alpha value is -1.25. The molecule has 0 saturated carbocycles. The van der Waals surface area contributed by atoms with Crippen molar-refractivity contribution in [3.05, 3.63) is 59.2 Å². The van der Waals surface area contributed by atoms with Gasteiger partial charge in [0.25, 0.3) is 0 Å². The topological polar surface area (TPSA) is 20.2 Å². The van der Waals surface area contributed by atoms with Gasteiger partial charge in [0, 0.05) is 9.79 Å². The van der Waals surface area contributed by atoms with Crippen LogP contribution in [0.15, 0.2) is 52.3 Å². The van der Waals surface area contributed by atoms with Crippen molar-refractivity contribution in [2.24, 2.45) is 0 Å². The number of benzene rings is 2. The second-order valence-corrected chi connectivity index (χ2v) is 5.30. The van der Waals surface area contributed by atoms with Crippen LogP contribution in [0, 0.1) is 13.8 Å². The highest BCUT2D eigenvalue weighted by atomic mass is 32.2. The average molecular weight is 244 g/mol. The largest absolute Gasteiger partial charge is 0.392 e. The predicted octanol–water partition coefficient (Wildman–Crippen LogP) is 3.95. The Bertz CT molecular complexity index is 503. The molecule has 0 bridgehead atoms. The first-order chi connectivity index (χ1) is 8.19. The van der Waals surface area contributed by atoms with Crippen LogP contribution in [0.5, 0.6) is 0 Å². The minimum Gasteiger partial charge on any atom is -0.392 e. The van der Waals surface area contributed by atoms with Crippen molar-refractivity contribution in [3.63, 3.8) is 0 Å². The fourth-order valence-electron chi connectivity index (χ4n) is 1.66. The zero-order valence-corrected chi connectivity index (χ0v) is 10.9. The number of hydrogen-bond acceptors (Lipinski definition) is 2. The Morgan fingerprint density at radius 2 is 1.59 bits per heavy atom.